The topological polar surface area (TPSA) is 33.7 Å². The summed E-state index contributed by atoms with van der Waals surface area (Å²) in [4.78, 5) is 2.33. The van der Waals surface area contributed by atoms with E-state index in [0.717, 1.165) is 47.8 Å². The molecular weight excluding hydrogens is 447 g/mol. The minimum atomic E-state index is -0.255. The second-order valence-corrected chi connectivity index (χ2v) is 8.05. The smallest absolute Gasteiger partial charge is 0.129 e. The van der Waals surface area contributed by atoms with Crippen molar-refractivity contribution in [3.63, 3.8) is 0 Å². The highest BCUT2D eigenvalue weighted by molar-refractivity contribution is 9.10. The molecule has 6 heteroatoms. The van der Waals surface area contributed by atoms with Crippen LogP contribution in [0, 0.1) is 5.82 Å². The quantitative estimate of drug-likeness (QED) is 0.486. The number of anilines is 2. The van der Waals surface area contributed by atoms with E-state index in [4.69, 9.17) is 9.47 Å². The van der Waals surface area contributed by atoms with E-state index < -0.39 is 0 Å². The zero-order chi connectivity index (χ0) is 20.8. The predicted molar refractivity (Wildman–Crippen MR) is 122 cm³/mol. The Morgan fingerprint density at radius 2 is 1.73 bits per heavy atom. The molecule has 0 bridgehead atoms. The molecular formula is C24H24BrFN2O2. The van der Waals surface area contributed by atoms with Crippen LogP contribution in [0.25, 0.3) is 0 Å². The van der Waals surface area contributed by atoms with Gasteiger partial charge < -0.3 is 19.7 Å². The van der Waals surface area contributed by atoms with Gasteiger partial charge in [-0.1, -0.05) is 34.1 Å². The Bertz CT molecular complexity index is 975. The van der Waals surface area contributed by atoms with Gasteiger partial charge in [0.15, 0.2) is 0 Å². The standard InChI is InChI=1S/C24H24BrFN2O2/c25-20-5-10-24(30-17-18-3-1-2-4-23(18)26)19(15-20)16-27-21-6-8-22(9-7-21)28-11-13-29-14-12-28/h1-10,15,27H,11-14,16-17H2. The molecule has 0 aliphatic carbocycles. The van der Waals surface area contributed by atoms with Gasteiger partial charge in [0.05, 0.1) is 13.2 Å². The summed E-state index contributed by atoms with van der Waals surface area (Å²) in [5.74, 6) is 0.480. The highest BCUT2D eigenvalue weighted by atomic mass is 79.9. The predicted octanol–water partition coefficient (Wildman–Crippen LogP) is 5.62. The van der Waals surface area contributed by atoms with Gasteiger partial charge >= 0.3 is 0 Å². The molecule has 0 atom stereocenters. The SMILES string of the molecule is Fc1ccccc1COc1ccc(Br)cc1CNc1ccc(N2CCOCC2)cc1. The molecule has 0 amide bonds. The first-order valence-electron chi connectivity index (χ1n) is 10.0. The molecule has 1 N–H and O–H groups in total. The van der Waals surface area contributed by atoms with E-state index in [0.29, 0.717) is 12.1 Å². The molecule has 3 aromatic rings. The molecule has 1 aliphatic rings. The average molecular weight is 471 g/mol. The van der Waals surface area contributed by atoms with Crippen LogP contribution in [0.4, 0.5) is 15.8 Å². The first kappa shape index (κ1) is 20.7. The fraction of sp³-hybridized carbons (Fsp3) is 0.250. The van der Waals surface area contributed by atoms with Crippen molar-refractivity contribution in [2.24, 2.45) is 0 Å². The van der Waals surface area contributed by atoms with E-state index in [1.807, 2.05) is 24.3 Å². The van der Waals surface area contributed by atoms with Gasteiger partial charge in [0, 0.05) is 46.6 Å². The Morgan fingerprint density at radius 1 is 0.967 bits per heavy atom. The third kappa shape index (κ3) is 5.32. The van der Waals surface area contributed by atoms with Crippen LogP contribution >= 0.6 is 15.9 Å². The van der Waals surface area contributed by atoms with Gasteiger partial charge in [-0.05, 0) is 48.5 Å². The highest BCUT2D eigenvalue weighted by Gasteiger charge is 2.11. The molecule has 3 aromatic carbocycles. The number of ether oxygens (including phenoxy) is 2. The maximum Gasteiger partial charge on any atom is 0.129 e. The van der Waals surface area contributed by atoms with Crippen molar-refractivity contribution in [3.8, 4) is 5.75 Å². The fourth-order valence-electron chi connectivity index (χ4n) is 3.41. The summed E-state index contributed by atoms with van der Waals surface area (Å²) in [5, 5.41) is 3.45. The van der Waals surface area contributed by atoms with Crippen LogP contribution in [0.5, 0.6) is 5.75 Å². The first-order chi connectivity index (χ1) is 14.7. The van der Waals surface area contributed by atoms with Crippen LogP contribution in [-0.4, -0.2) is 26.3 Å². The third-order valence-electron chi connectivity index (χ3n) is 5.09. The lowest BCUT2D eigenvalue weighted by Crippen LogP contribution is -2.36. The summed E-state index contributed by atoms with van der Waals surface area (Å²) in [6, 6.07) is 21.0. The number of rotatable bonds is 7. The van der Waals surface area contributed by atoms with Crippen molar-refractivity contribution in [2.45, 2.75) is 13.2 Å². The molecule has 4 nitrogen and oxygen atoms in total. The molecule has 0 aromatic heterocycles. The minimum Gasteiger partial charge on any atom is -0.488 e. The molecule has 1 heterocycles. The molecule has 0 unspecified atom stereocenters. The monoisotopic (exact) mass is 470 g/mol. The number of hydrogen-bond acceptors (Lipinski definition) is 4. The van der Waals surface area contributed by atoms with Crippen LogP contribution in [0.1, 0.15) is 11.1 Å². The molecule has 0 radical (unpaired) electrons. The number of nitrogens with one attached hydrogen (secondary N) is 1. The van der Waals surface area contributed by atoms with Crippen LogP contribution in [0.2, 0.25) is 0 Å². The normalized spacial score (nSPS) is 13.9. The maximum atomic E-state index is 13.9. The Hall–Kier alpha value is -2.57. The lowest BCUT2D eigenvalue weighted by atomic mass is 10.2. The lowest BCUT2D eigenvalue weighted by molar-refractivity contribution is 0.122. The summed E-state index contributed by atoms with van der Waals surface area (Å²) in [6.45, 7) is 4.19. The summed E-state index contributed by atoms with van der Waals surface area (Å²) in [5.41, 5.74) is 3.78. The third-order valence-corrected chi connectivity index (χ3v) is 5.58. The summed E-state index contributed by atoms with van der Waals surface area (Å²) >= 11 is 3.52. The Labute approximate surface area is 184 Å². The summed E-state index contributed by atoms with van der Waals surface area (Å²) < 4.78 is 26.2. The van der Waals surface area contributed by atoms with Crippen molar-refractivity contribution in [1.82, 2.24) is 0 Å². The van der Waals surface area contributed by atoms with Crippen molar-refractivity contribution in [2.75, 3.05) is 36.5 Å². The number of benzene rings is 3. The second kappa shape index (κ2) is 9.96. The second-order valence-electron chi connectivity index (χ2n) is 7.13. The van der Waals surface area contributed by atoms with Crippen molar-refractivity contribution in [1.29, 1.82) is 0 Å². The zero-order valence-corrected chi connectivity index (χ0v) is 18.2. The zero-order valence-electron chi connectivity index (χ0n) is 16.6. The van der Waals surface area contributed by atoms with Crippen LogP contribution in [0.3, 0.4) is 0 Å². The van der Waals surface area contributed by atoms with Gasteiger partial charge in [-0.25, -0.2) is 4.39 Å². The number of halogens is 2. The van der Waals surface area contributed by atoms with E-state index in [1.165, 1.54) is 11.8 Å². The minimum absolute atomic E-state index is 0.190. The van der Waals surface area contributed by atoms with E-state index in [1.54, 1.807) is 12.1 Å². The Balaban J connectivity index is 1.40. The van der Waals surface area contributed by atoms with Crippen LogP contribution in [-0.2, 0) is 17.9 Å². The van der Waals surface area contributed by atoms with Gasteiger partial charge in [-0.15, -0.1) is 0 Å². The lowest BCUT2D eigenvalue weighted by Gasteiger charge is -2.29. The Kier molecular flexibility index (Phi) is 6.87. The van der Waals surface area contributed by atoms with Crippen molar-refractivity contribution >= 4 is 27.3 Å². The molecule has 0 saturated carbocycles. The molecule has 4 rings (SSSR count). The molecule has 0 spiro atoms. The van der Waals surface area contributed by atoms with Crippen LogP contribution < -0.4 is 15.0 Å². The Morgan fingerprint density at radius 3 is 2.50 bits per heavy atom. The number of morpholine rings is 1. The first-order valence-corrected chi connectivity index (χ1v) is 10.8. The van der Waals surface area contributed by atoms with E-state index in [9.17, 15) is 4.39 Å². The van der Waals surface area contributed by atoms with Crippen molar-refractivity contribution in [3.05, 3.63) is 88.1 Å². The molecule has 30 heavy (non-hydrogen) atoms. The van der Waals surface area contributed by atoms with Gasteiger partial charge in [0.25, 0.3) is 0 Å². The fourth-order valence-corrected chi connectivity index (χ4v) is 3.82. The summed E-state index contributed by atoms with van der Waals surface area (Å²) in [6.07, 6.45) is 0. The van der Waals surface area contributed by atoms with Gasteiger partial charge in [-0.2, -0.15) is 0 Å². The van der Waals surface area contributed by atoms with Gasteiger partial charge in [0.2, 0.25) is 0 Å². The van der Waals surface area contributed by atoms with E-state index >= 15 is 0 Å². The largest absolute Gasteiger partial charge is 0.488 e. The molecule has 1 fully saturated rings. The average Bonchev–Trinajstić information content (AvgIpc) is 2.79. The van der Waals surface area contributed by atoms with Crippen LogP contribution in [0.15, 0.2) is 71.2 Å². The number of hydrogen-bond donors (Lipinski definition) is 1. The van der Waals surface area contributed by atoms with Gasteiger partial charge in [-0.3, -0.25) is 0 Å². The molecule has 1 aliphatic heterocycles. The molecule has 156 valence electrons. The summed E-state index contributed by atoms with van der Waals surface area (Å²) in [7, 11) is 0. The maximum absolute atomic E-state index is 13.9. The van der Waals surface area contributed by atoms with E-state index in [-0.39, 0.29) is 12.4 Å². The number of nitrogens with zero attached hydrogens (tertiary/aromatic N) is 1. The van der Waals surface area contributed by atoms with Crippen molar-refractivity contribution < 1.29 is 13.9 Å². The highest BCUT2D eigenvalue weighted by Crippen LogP contribution is 2.26. The molecule has 1 saturated heterocycles. The van der Waals surface area contributed by atoms with Gasteiger partial charge in [0.1, 0.15) is 18.2 Å². The van der Waals surface area contributed by atoms with E-state index in [2.05, 4.69) is 50.4 Å².